The Labute approximate surface area is 153 Å². The lowest BCUT2D eigenvalue weighted by molar-refractivity contribution is -0.141. The number of hydrogen-bond donors (Lipinski definition) is 0. The number of fused-ring (bicyclic) bond motifs is 1. The number of hydrogen-bond acceptors (Lipinski definition) is 2. The van der Waals surface area contributed by atoms with Crippen molar-refractivity contribution in [3.05, 3.63) is 0 Å². The zero-order chi connectivity index (χ0) is 17.6. The van der Waals surface area contributed by atoms with E-state index < -0.39 is 0 Å². The van der Waals surface area contributed by atoms with Crippen LogP contribution in [0.4, 0.5) is 0 Å². The molecule has 0 radical (unpaired) electrons. The van der Waals surface area contributed by atoms with E-state index in [4.69, 9.17) is 0 Å². The van der Waals surface area contributed by atoms with Gasteiger partial charge in [0, 0.05) is 32.6 Å². The standard InChI is InChI=1S/C21H36N2O2/c1-22-14-7-2-3-8-15-23(19-13-9-12-18(19)21(22)25)20(24)16-17-10-5-4-6-11-17/h17-19H,2-16H2,1H3/t18-,19+/m1/s1. The molecule has 0 spiro atoms. The number of nitrogens with zero attached hydrogens (tertiary/aromatic N) is 2. The van der Waals surface area contributed by atoms with Gasteiger partial charge in [0.1, 0.15) is 0 Å². The fourth-order valence-electron chi connectivity index (χ4n) is 5.21. The molecule has 3 rings (SSSR count). The fourth-order valence-corrected chi connectivity index (χ4v) is 5.21. The first-order valence-electron chi connectivity index (χ1n) is 10.7. The van der Waals surface area contributed by atoms with Gasteiger partial charge >= 0.3 is 0 Å². The second-order valence-electron chi connectivity index (χ2n) is 8.57. The van der Waals surface area contributed by atoms with Gasteiger partial charge in [-0.15, -0.1) is 0 Å². The first kappa shape index (κ1) is 18.7. The molecule has 3 aliphatic rings. The van der Waals surface area contributed by atoms with Crippen molar-refractivity contribution in [3.63, 3.8) is 0 Å². The monoisotopic (exact) mass is 348 g/mol. The van der Waals surface area contributed by atoms with Gasteiger partial charge in [-0.2, -0.15) is 0 Å². The molecule has 1 saturated heterocycles. The molecule has 0 aromatic carbocycles. The van der Waals surface area contributed by atoms with E-state index in [1.165, 1.54) is 38.5 Å². The van der Waals surface area contributed by atoms with E-state index in [2.05, 4.69) is 4.90 Å². The molecule has 0 unspecified atom stereocenters. The minimum Gasteiger partial charge on any atom is -0.345 e. The molecule has 2 amide bonds. The largest absolute Gasteiger partial charge is 0.345 e. The van der Waals surface area contributed by atoms with Crippen molar-refractivity contribution in [2.45, 2.75) is 89.5 Å². The summed E-state index contributed by atoms with van der Waals surface area (Å²) < 4.78 is 0. The molecule has 142 valence electrons. The molecule has 2 aliphatic carbocycles. The Bertz CT molecular complexity index is 459. The van der Waals surface area contributed by atoms with Crippen LogP contribution in [0.2, 0.25) is 0 Å². The second-order valence-corrected chi connectivity index (χ2v) is 8.57. The number of carbonyl (C=O) groups is 2. The maximum absolute atomic E-state index is 13.1. The summed E-state index contributed by atoms with van der Waals surface area (Å²) in [5, 5.41) is 0. The molecule has 4 heteroatoms. The highest BCUT2D eigenvalue weighted by Crippen LogP contribution is 2.34. The minimum absolute atomic E-state index is 0.0402. The molecule has 0 aromatic rings. The Morgan fingerprint density at radius 1 is 0.880 bits per heavy atom. The third-order valence-corrected chi connectivity index (χ3v) is 6.72. The highest BCUT2D eigenvalue weighted by Gasteiger charge is 2.40. The maximum Gasteiger partial charge on any atom is 0.227 e. The van der Waals surface area contributed by atoms with Gasteiger partial charge in [-0.1, -0.05) is 38.5 Å². The molecule has 0 N–H and O–H groups in total. The Hall–Kier alpha value is -1.06. The van der Waals surface area contributed by atoms with E-state index >= 15 is 0 Å². The molecule has 4 nitrogen and oxygen atoms in total. The average molecular weight is 349 g/mol. The van der Waals surface area contributed by atoms with Crippen LogP contribution in [0.15, 0.2) is 0 Å². The summed E-state index contributed by atoms with van der Waals surface area (Å²) in [4.78, 5) is 30.1. The topological polar surface area (TPSA) is 40.6 Å². The number of rotatable bonds is 2. The van der Waals surface area contributed by atoms with Crippen LogP contribution < -0.4 is 0 Å². The maximum atomic E-state index is 13.1. The molecule has 0 aromatic heterocycles. The van der Waals surface area contributed by atoms with E-state index in [0.29, 0.717) is 18.2 Å². The van der Waals surface area contributed by atoms with Crippen molar-refractivity contribution in [1.29, 1.82) is 0 Å². The Kier molecular flexibility index (Phi) is 6.77. The number of carbonyl (C=O) groups excluding carboxylic acids is 2. The highest BCUT2D eigenvalue weighted by atomic mass is 16.2. The van der Waals surface area contributed by atoms with Crippen LogP contribution in [0.3, 0.4) is 0 Å². The molecule has 1 aliphatic heterocycles. The summed E-state index contributed by atoms with van der Waals surface area (Å²) in [6.45, 7) is 1.74. The van der Waals surface area contributed by atoms with Crippen LogP contribution in [-0.2, 0) is 9.59 Å². The summed E-state index contributed by atoms with van der Waals surface area (Å²) >= 11 is 0. The summed E-state index contributed by atoms with van der Waals surface area (Å²) in [6, 6.07) is 0.157. The summed E-state index contributed by atoms with van der Waals surface area (Å²) in [5.41, 5.74) is 0. The van der Waals surface area contributed by atoms with E-state index in [0.717, 1.165) is 51.6 Å². The summed E-state index contributed by atoms with van der Waals surface area (Å²) in [6.07, 6.45) is 14.6. The van der Waals surface area contributed by atoms with Crippen molar-refractivity contribution in [3.8, 4) is 0 Å². The second kappa shape index (κ2) is 9.05. The Balaban J connectivity index is 1.71. The Morgan fingerprint density at radius 2 is 1.56 bits per heavy atom. The minimum atomic E-state index is 0.0402. The first-order valence-corrected chi connectivity index (χ1v) is 10.7. The van der Waals surface area contributed by atoms with Crippen LogP contribution in [0.1, 0.15) is 83.5 Å². The lowest BCUT2D eigenvalue weighted by atomic mass is 9.86. The number of amides is 2. The van der Waals surface area contributed by atoms with Gasteiger partial charge in [-0.3, -0.25) is 9.59 Å². The van der Waals surface area contributed by atoms with Gasteiger partial charge < -0.3 is 9.80 Å². The van der Waals surface area contributed by atoms with Gasteiger partial charge in [0.2, 0.25) is 11.8 Å². The lowest BCUT2D eigenvalue weighted by Crippen LogP contribution is -2.48. The predicted octanol–water partition coefficient (Wildman–Crippen LogP) is 3.99. The molecule has 25 heavy (non-hydrogen) atoms. The quantitative estimate of drug-likeness (QED) is 0.757. The molecular weight excluding hydrogens is 312 g/mol. The van der Waals surface area contributed by atoms with Gasteiger partial charge in [0.05, 0.1) is 5.92 Å². The SMILES string of the molecule is CN1CCCCCCN(C(=O)CC2CCCCC2)[C@H]2CCC[C@H]2C1=O. The molecular formula is C21H36N2O2. The average Bonchev–Trinajstić information content (AvgIpc) is 3.09. The predicted molar refractivity (Wildman–Crippen MR) is 100 cm³/mol. The third kappa shape index (κ3) is 4.77. The van der Waals surface area contributed by atoms with Crippen LogP contribution in [0, 0.1) is 11.8 Å². The van der Waals surface area contributed by atoms with Crippen molar-refractivity contribution >= 4 is 11.8 Å². The van der Waals surface area contributed by atoms with E-state index in [9.17, 15) is 9.59 Å². The molecule has 1 heterocycles. The molecule has 2 atom stereocenters. The molecule has 3 fully saturated rings. The van der Waals surface area contributed by atoms with Crippen LogP contribution in [0.5, 0.6) is 0 Å². The first-order chi connectivity index (χ1) is 12.2. The van der Waals surface area contributed by atoms with E-state index in [1.807, 2.05) is 11.9 Å². The normalized spacial score (nSPS) is 30.0. The van der Waals surface area contributed by atoms with Crippen molar-refractivity contribution < 1.29 is 9.59 Å². The van der Waals surface area contributed by atoms with Crippen LogP contribution in [-0.4, -0.2) is 47.8 Å². The smallest absolute Gasteiger partial charge is 0.227 e. The van der Waals surface area contributed by atoms with Crippen molar-refractivity contribution in [1.82, 2.24) is 9.80 Å². The lowest BCUT2D eigenvalue weighted by Gasteiger charge is -2.35. The summed E-state index contributed by atoms with van der Waals surface area (Å²) in [7, 11) is 1.95. The molecule has 0 bridgehead atoms. The van der Waals surface area contributed by atoms with Gasteiger partial charge in [0.15, 0.2) is 0 Å². The van der Waals surface area contributed by atoms with Crippen LogP contribution in [0.25, 0.3) is 0 Å². The fraction of sp³-hybridized carbons (Fsp3) is 0.905. The van der Waals surface area contributed by atoms with Crippen molar-refractivity contribution in [2.75, 3.05) is 20.1 Å². The zero-order valence-corrected chi connectivity index (χ0v) is 16.0. The third-order valence-electron chi connectivity index (χ3n) is 6.72. The Morgan fingerprint density at radius 3 is 2.32 bits per heavy atom. The van der Waals surface area contributed by atoms with E-state index in [-0.39, 0.29) is 17.9 Å². The van der Waals surface area contributed by atoms with Gasteiger partial charge in [-0.05, 0) is 44.4 Å². The van der Waals surface area contributed by atoms with Gasteiger partial charge in [-0.25, -0.2) is 0 Å². The van der Waals surface area contributed by atoms with Gasteiger partial charge in [0.25, 0.3) is 0 Å². The van der Waals surface area contributed by atoms with Crippen LogP contribution >= 0.6 is 0 Å². The highest BCUT2D eigenvalue weighted by molar-refractivity contribution is 5.82. The van der Waals surface area contributed by atoms with Crippen molar-refractivity contribution in [2.24, 2.45) is 11.8 Å². The zero-order valence-electron chi connectivity index (χ0n) is 16.0. The summed E-state index contributed by atoms with van der Waals surface area (Å²) in [5.74, 6) is 1.23. The molecule has 2 saturated carbocycles. The van der Waals surface area contributed by atoms with E-state index in [1.54, 1.807) is 0 Å².